The second-order valence-corrected chi connectivity index (χ2v) is 8.05. The van der Waals surface area contributed by atoms with Crippen molar-refractivity contribution in [1.82, 2.24) is 20.0 Å². The van der Waals surface area contributed by atoms with Gasteiger partial charge in [-0.15, -0.1) is 11.8 Å². The topological polar surface area (TPSA) is 174 Å². The van der Waals surface area contributed by atoms with E-state index in [1.807, 2.05) is 0 Å². The van der Waals surface area contributed by atoms with E-state index in [1.165, 1.54) is 32.5 Å². The zero-order chi connectivity index (χ0) is 23.0. The highest BCUT2D eigenvalue weighted by Crippen LogP contribution is 2.40. The van der Waals surface area contributed by atoms with Gasteiger partial charge in [0.05, 0.1) is 4.92 Å². The highest BCUT2D eigenvalue weighted by molar-refractivity contribution is 8.00. The van der Waals surface area contributed by atoms with Crippen LogP contribution in [0.2, 0.25) is 0 Å². The van der Waals surface area contributed by atoms with Gasteiger partial charge in [0.25, 0.3) is 5.91 Å². The lowest BCUT2D eigenvalue weighted by Crippen LogP contribution is -2.71. The number of carbonyl (C=O) groups is 4. The zero-order valence-electron chi connectivity index (χ0n) is 16.7. The summed E-state index contributed by atoms with van der Waals surface area (Å²) < 4.78 is 6.00. The zero-order valence-corrected chi connectivity index (χ0v) is 17.5. The first-order valence-electron chi connectivity index (χ1n) is 9.06. The van der Waals surface area contributed by atoms with Gasteiger partial charge in [-0.05, 0) is 13.8 Å². The van der Waals surface area contributed by atoms with E-state index in [1.54, 1.807) is 0 Å². The number of aryl methyl sites for hydroxylation is 1. The molecule has 3 rings (SSSR count). The minimum atomic E-state index is -1.33. The Kier molecular flexibility index (Phi) is 6.01. The average Bonchev–Trinajstić information content (AvgIpc) is 3.10. The van der Waals surface area contributed by atoms with Gasteiger partial charge in [0.15, 0.2) is 0 Å². The smallest absolute Gasteiger partial charge is 0.352 e. The lowest BCUT2D eigenvalue weighted by atomic mass is 10.0. The number of carbonyl (C=O) groups excluding carboxylic acids is 3. The van der Waals surface area contributed by atoms with E-state index in [4.69, 9.17) is 4.74 Å². The van der Waals surface area contributed by atoms with Crippen molar-refractivity contribution in [3.05, 3.63) is 33.3 Å². The van der Waals surface area contributed by atoms with Gasteiger partial charge in [0, 0.05) is 18.2 Å². The van der Waals surface area contributed by atoms with Crippen molar-refractivity contribution in [2.45, 2.75) is 38.2 Å². The van der Waals surface area contributed by atoms with Crippen molar-refractivity contribution in [3.8, 4) is 0 Å². The lowest BCUT2D eigenvalue weighted by molar-refractivity contribution is -0.385. The first kappa shape index (κ1) is 22.3. The predicted molar refractivity (Wildman–Crippen MR) is 105 cm³/mol. The third-order valence-corrected chi connectivity index (χ3v) is 6.20. The molecule has 0 aliphatic carbocycles. The standard InChI is InChI=1S/C17H19N5O8S/c1-7-11(22(28)29)4-20(19-7)8(2)14(24)18-12-15(25)21-13(17(26)27)10(5-30-9(3)23)6-31-16(12)21/h4,8,12,16H,5-6H2,1-3H3,(H,18,24)(H,26,27)/t8-,12-,16-/m0/s1. The maximum atomic E-state index is 12.6. The number of nitrogens with one attached hydrogen (secondary N) is 1. The van der Waals surface area contributed by atoms with E-state index in [-0.39, 0.29) is 35.0 Å². The average molecular weight is 453 g/mol. The van der Waals surface area contributed by atoms with Gasteiger partial charge in [0.2, 0.25) is 5.91 Å². The van der Waals surface area contributed by atoms with Gasteiger partial charge in [-0.2, -0.15) is 5.10 Å². The first-order valence-corrected chi connectivity index (χ1v) is 10.1. The molecule has 2 aliphatic rings. The van der Waals surface area contributed by atoms with Crippen LogP contribution in [0.5, 0.6) is 0 Å². The molecule has 1 aromatic rings. The number of thioether (sulfide) groups is 1. The van der Waals surface area contributed by atoms with E-state index in [2.05, 4.69) is 10.4 Å². The van der Waals surface area contributed by atoms with E-state index in [0.717, 1.165) is 15.8 Å². The molecule has 14 heteroatoms. The Morgan fingerprint density at radius 3 is 2.71 bits per heavy atom. The molecule has 0 aromatic carbocycles. The first-order chi connectivity index (χ1) is 14.5. The predicted octanol–water partition coefficient (Wildman–Crippen LogP) is -0.0376. The Hall–Kier alpha value is -3.42. The number of β-lactam (4-membered cyclic amide) rings is 1. The molecule has 3 atom stereocenters. The molecule has 0 spiro atoms. The van der Waals surface area contributed by atoms with E-state index in [9.17, 15) is 34.4 Å². The summed E-state index contributed by atoms with van der Waals surface area (Å²) in [5.41, 5.74) is -0.0542. The van der Waals surface area contributed by atoms with E-state index >= 15 is 0 Å². The van der Waals surface area contributed by atoms with Crippen LogP contribution >= 0.6 is 11.8 Å². The third-order valence-electron chi connectivity index (χ3n) is 4.86. The number of nitrogens with zero attached hydrogens (tertiary/aromatic N) is 4. The lowest BCUT2D eigenvalue weighted by Gasteiger charge is -2.49. The summed E-state index contributed by atoms with van der Waals surface area (Å²) >= 11 is 1.23. The molecular weight excluding hydrogens is 434 g/mol. The number of aliphatic carboxylic acids is 1. The van der Waals surface area contributed by atoms with Crippen molar-refractivity contribution in [2.75, 3.05) is 12.4 Å². The van der Waals surface area contributed by atoms with E-state index in [0.29, 0.717) is 0 Å². The molecule has 0 bridgehead atoms. The Bertz CT molecular complexity index is 1020. The molecule has 31 heavy (non-hydrogen) atoms. The summed E-state index contributed by atoms with van der Waals surface area (Å²) in [6.45, 7) is 3.86. The van der Waals surface area contributed by atoms with Gasteiger partial charge < -0.3 is 15.2 Å². The number of carboxylic acid groups (broad SMARTS) is 1. The van der Waals surface area contributed by atoms with Crippen LogP contribution in [-0.2, 0) is 23.9 Å². The number of carboxylic acids is 1. The number of ether oxygens (including phenoxy) is 1. The molecule has 0 radical (unpaired) electrons. The van der Waals surface area contributed by atoms with Crippen LogP contribution in [0.15, 0.2) is 17.5 Å². The van der Waals surface area contributed by atoms with Crippen molar-refractivity contribution in [3.63, 3.8) is 0 Å². The number of esters is 1. The maximum absolute atomic E-state index is 12.6. The van der Waals surface area contributed by atoms with Crippen molar-refractivity contribution < 1.29 is 33.9 Å². The Balaban J connectivity index is 1.73. The SMILES string of the molecule is CC(=O)OCC1=C(C(=O)O)N2C(=O)[C@H](NC(=O)[C@H](C)n3cc([N+](=O)[O-])c(C)n3)[C@@H]2SC1. The number of rotatable bonds is 7. The van der Waals surface area contributed by atoms with Crippen LogP contribution in [-0.4, -0.2) is 72.2 Å². The second kappa shape index (κ2) is 8.37. The molecule has 1 aromatic heterocycles. The summed E-state index contributed by atoms with van der Waals surface area (Å²) in [6.07, 6.45) is 1.14. The summed E-state index contributed by atoms with van der Waals surface area (Å²) in [7, 11) is 0. The quantitative estimate of drug-likeness (QED) is 0.247. The minimum absolute atomic E-state index is 0.148. The normalized spacial score (nSPS) is 21.1. The van der Waals surface area contributed by atoms with Gasteiger partial charge in [0.1, 0.15) is 41.7 Å². The molecule has 13 nitrogen and oxygen atoms in total. The largest absolute Gasteiger partial charge is 0.477 e. The van der Waals surface area contributed by atoms with Crippen LogP contribution in [0.4, 0.5) is 5.69 Å². The summed E-state index contributed by atoms with van der Waals surface area (Å²) in [5.74, 6) is -2.91. The molecule has 0 unspecified atom stereocenters. The van der Waals surface area contributed by atoms with Crippen LogP contribution in [0.25, 0.3) is 0 Å². The molecule has 2 N–H and O–H groups in total. The minimum Gasteiger partial charge on any atom is -0.477 e. The number of fused-ring (bicyclic) bond motifs is 1. The maximum Gasteiger partial charge on any atom is 0.352 e. The Labute approximate surface area is 179 Å². The third kappa shape index (κ3) is 4.10. The molecule has 1 fully saturated rings. The number of amides is 2. The molecule has 3 heterocycles. The molecule has 2 aliphatic heterocycles. The van der Waals surface area contributed by atoms with Crippen molar-refractivity contribution >= 4 is 41.2 Å². The van der Waals surface area contributed by atoms with Crippen LogP contribution in [0.3, 0.4) is 0 Å². The molecular formula is C17H19N5O8S. The van der Waals surface area contributed by atoms with Gasteiger partial charge >= 0.3 is 17.6 Å². The molecule has 2 amide bonds. The highest BCUT2D eigenvalue weighted by Gasteiger charge is 2.54. The number of hydrogen-bond acceptors (Lipinski definition) is 9. The number of aromatic nitrogens is 2. The monoisotopic (exact) mass is 453 g/mol. The van der Waals surface area contributed by atoms with Gasteiger partial charge in [-0.3, -0.25) is 34.1 Å². The number of nitro groups is 1. The van der Waals surface area contributed by atoms with Crippen molar-refractivity contribution in [2.24, 2.45) is 0 Å². The second-order valence-electron chi connectivity index (χ2n) is 6.95. The fourth-order valence-corrected chi connectivity index (χ4v) is 4.55. The Morgan fingerprint density at radius 1 is 1.48 bits per heavy atom. The number of hydrogen-bond donors (Lipinski definition) is 2. The highest BCUT2D eigenvalue weighted by atomic mass is 32.2. The van der Waals surface area contributed by atoms with Crippen LogP contribution < -0.4 is 5.32 Å². The Morgan fingerprint density at radius 2 is 2.16 bits per heavy atom. The summed E-state index contributed by atoms with van der Waals surface area (Å²) in [5, 5.41) is 26.4. The molecule has 1 saturated heterocycles. The molecule has 0 saturated carbocycles. The molecule has 166 valence electrons. The summed E-state index contributed by atoms with van der Waals surface area (Å²) in [6, 6.07) is -1.90. The summed E-state index contributed by atoms with van der Waals surface area (Å²) in [4.78, 5) is 59.4. The van der Waals surface area contributed by atoms with E-state index < -0.39 is 46.1 Å². The van der Waals surface area contributed by atoms with Gasteiger partial charge in [-0.1, -0.05) is 0 Å². The fraction of sp³-hybridized carbons (Fsp3) is 0.471. The van der Waals surface area contributed by atoms with Gasteiger partial charge in [-0.25, -0.2) is 4.79 Å². The van der Waals surface area contributed by atoms with Crippen LogP contribution in [0, 0.1) is 17.0 Å². The van der Waals surface area contributed by atoms with Crippen LogP contribution in [0.1, 0.15) is 25.6 Å². The fourth-order valence-electron chi connectivity index (χ4n) is 3.23. The van der Waals surface area contributed by atoms with Crippen molar-refractivity contribution in [1.29, 1.82) is 0 Å².